The molecule has 1 rings (SSSR count). The zero-order chi connectivity index (χ0) is 13.1. The molecular formula is C8H13N3O5S. The van der Waals surface area contributed by atoms with Gasteiger partial charge in [0.25, 0.3) is 0 Å². The number of rotatable bonds is 6. The summed E-state index contributed by atoms with van der Waals surface area (Å²) < 4.78 is 29.7. The SMILES string of the molecule is Cc1nc(CCNS(=O)(=O)C(C)C(=O)O)no1. The number of carboxylic acids is 1. The maximum Gasteiger partial charge on any atom is 0.323 e. The van der Waals surface area contributed by atoms with Gasteiger partial charge in [0, 0.05) is 19.9 Å². The molecule has 0 aromatic carbocycles. The predicted octanol–water partition coefficient (Wildman–Crippen LogP) is -0.687. The van der Waals surface area contributed by atoms with E-state index in [0.29, 0.717) is 11.7 Å². The highest BCUT2D eigenvalue weighted by Crippen LogP contribution is 1.99. The minimum absolute atomic E-state index is 0.0267. The van der Waals surface area contributed by atoms with E-state index in [1.165, 1.54) is 0 Å². The lowest BCUT2D eigenvalue weighted by Crippen LogP contribution is -2.38. The highest BCUT2D eigenvalue weighted by molar-refractivity contribution is 7.90. The Morgan fingerprint density at radius 3 is 2.71 bits per heavy atom. The number of aromatic nitrogens is 2. The zero-order valence-corrected chi connectivity index (χ0v) is 10.2. The molecule has 0 aliphatic heterocycles. The molecule has 1 aromatic heterocycles. The molecule has 0 amide bonds. The molecule has 0 aliphatic carbocycles. The molecule has 9 heteroatoms. The van der Waals surface area contributed by atoms with E-state index >= 15 is 0 Å². The van der Waals surface area contributed by atoms with Gasteiger partial charge in [0.15, 0.2) is 11.1 Å². The van der Waals surface area contributed by atoms with Crippen molar-refractivity contribution in [3.63, 3.8) is 0 Å². The van der Waals surface area contributed by atoms with Gasteiger partial charge in [-0.3, -0.25) is 4.79 Å². The van der Waals surface area contributed by atoms with Gasteiger partial charge in [-0.2, -0.15) is 4.98 Å². The second kappa shape index (κ2) is 5.23. The summed E-state index contributed by atoms with van der Waals surface area (Å²) >= 11 is 0. The second-order valence-corrected chi connectivity index (χ2v) is 5.49. The van der Waals surface area contributed by atoms with Crippen LogP contribution in [0.15, 0.2) is 4.52 Å². The maximum absolute atomic E-state index is 11.4. The monoisotopic (exact) mass is 263 g/mol. The number of carbonyl (C=O) groups is 1. The summed E-state index contributed by atoms with van der Waals surface area (Å²) in [6.45, 7) is 2.75. The van der Waals surface area contributed by atoms with Crippen LogP contribution in [-0.4, -0.2) is 41.4 Å². The number of carboxylic acid groups (broad SMARTS) is 1. The minimum atomic E-state index is -3.86. The van der Waals surface area contributed by atoms with Crippen molar-refractivity contribution < 1.29 is 22.8 Å². The van der Waals surface area contributed by atoms with E-state index in [1.54, 1.807) is 6.92 Å². The van der Waals surface area contributed by atoms with Gasteiger partial charge in [0.1, 0.15) is 0 Å². The van der Waals surface area contributed by atoms with Crippen molar-refractivity contribution in [1.82, 2.24) is 14.9 Å². The van der Waals surface area contributed by atoms with E-state index in [-0.39, 0.29) is 13.0 Å². The quantitative estimate of drug-likeness (QED) is 0.696. The molecule has 0 radical (unpaired) electrons. The fourth-order valence-electron chi connectivity index (χ4n) is 1.01. The molecule has 2 N–H and O–H groups in total. The zero-order valence-electron chi connectivity index (χ0n) is 9.37. The Balaban J connectivity index is 2.48. The summed E-state index contributed by atoms with van der Waals surface area (Å²) in [6.07, 6.45) is 0.239. The third-order valence-corrected chi connectivity index (χ3v) is 3.77. The highest BCUT2D eigenvalue weighted by Gasteiger charge is 2.26. The molecule has 0 aliphatic rings. The third-order valence-electron chi connectivity index (χ3n) is 2.03. The lowest BCUT2D eigenvalue weighted by molar-refractivity contribution is -0.136. The summed E-state index contributed by atoms with van der Waals surface area (Å²) in [7, 11) is -3.86. The Hall–Kier alpha value is -1.48. The summed E-state index contributed by atoms with van der Waals surface area (Å²) in [5.74, 6) is -0.636. The first-order chi connectivity index (χ1) is 7.83. The lowest BCUT2D eigenvalue weighted by Gasteiger charge is -2.08. The van der Waals surface area contributed by atoms with Crippen LogP contribution in [0, 0.1) is 6.92 Å². The van der Waals surface area contributed by atoms with Crippen LogP contribution in [0.2, 0.25) is 0 Å². The predicted molar refractivity (Wildman–Crippen MR) is 56.8 cm³/mol. The van der Waals surface area contributed by atoms with Crippen LogP contribution >= 0.6 is 0 Å². The molecule has 1 aromatic rings. The Morgan fingerprint density at radius 2 is 2.24 bits per heavy atom. The van der Waals surface area contributed by atoms with E-state index in [0.717, 1.165) is 6.92 Å². The van der Waals surface area contributed by atoms with Crippen LogP contribution in [0.25, 0.3) is 0 Å². The van der Waals surface area contributed by atoms with E-state index in [2.05, 4.69) is 14.9 Å². The van der Waals surface area contributed by atoms with Gasteiger partial charge in [-0.05, 0) is 6.92 Å². The van der Waals surface area contributed by atoms with E-state index in [1.807, 2.05) is 0 Å². The second-order valence-electron chi connectivity index (χ2n) is 3.40. The number of aryl methyl sites for hydroxylation is 1. The summed E-state index contributed by atoms with van der Waals surface area (Å²) in [5.41, 5.74) is 0. The fourth-order valence-corrected chi connectivity index (χ4v) is 1.91. The van der Waals surface area contributed by atoms with Crippen molar-refractivity contribution in [3.05, 3.63) is 11.7 Å². The molecule has 0 fully saturated rings. The van der Waals surface area contributed by atoms with Gasteiger partial charge >= 0.3 is 5.97 Å². The fraction of sp³-hybridized carbons (Fsp3) is 0.625. The molecule has 1 unspecified atom stereocenters. The number of hydrogen-bond acceptors (Lipinski definition) is 6. The molecule has 0 saturated heterocycles. The smallest absolute Gasteiger partial charge is 0.323 e. The molecule has 0 spiro atoms. The Labute approximate surface area is 98.1 Å². The summed E-state index contributed by atoms with van der Waals surface area (Å²) in [5, 5.41) is 10.7. The average Bonchev–Trinajstić information content (AvgIpc) is 2.62. The molecule has 1 heterocycles. The molecule has 17 heavy (non-hydrogen) atoms. The van der Waals surface area contributed by atoms with Crippen LogP contribution < -0.4 is 4.72 Å². The van der Waals surface area contributed by atoms with Crippen molar-refractivity contribution >= 4 is 16.0 Å². The highest BCUT2D eigenvalue weighted by atomic mass is 32.2. The topological polar surface area (TPSA) is 122 Å². The average molecular weight is 263 g/mol. The number of sulfonamides is 1. The first-order valence-electron chi connectivity index (χ1n) is 4.83. The van der Waals surface area contributed by atoms with Gasteiger partial charge in [0.05, 0.1) is 0 Å². The number of nitrogens with one attached hydrogen (secondary N) is 1. The van der Waals surface area contributed by atoms with Crippen LogP contribution in [0.4, 0.5) is 0 Å². The number of nitrogens with zero attached hydrogens (tertiary/aromatic N) is 2. The molecule has 96 valence electrons. The van der Waals surface area contributed by atoms with Crippen LogP contribution in [0.5, 0.6) is 0 Å². The van der Waals surface area contributed by atoms with Gasteiger partial charge < -0.3 is 9.63 Å². The van der Waals surface area contributed by atoms with Crippen LogP contribution in [0.1, 0.15) is 18.6 Å². The third kappa shape index (κ3) is 3.79. The summed E-state index contributed by atoms with van der Waals surface area (Å²) in [4.78, 5) is 14.4. The van der Waals surface area contributed by atoms with Crippen molar-refractivity contribution in [2.75, 3.05) is 6.54 Å². The minimum Gasteiger partial charge on any atom is -0.480 e. The van der Waals surface area contributed by atoms with Gasteiger partial charge in [0.2, 0.25) is 15.9 Å². The van der Waals surface area contributed by atoms with Gasteiger partial charge in [-0.15, -0.1) is 0 Å². The number of aliphatic carboxylic acids is 1. The lowest BCUT2D eigenvalue weighted by atomic mass is 10.4. The van der Waals surface area contributed by atoms with Crippen molar-refractivity contribution in [2.24, 2.45) is 0 Å². The van der Waals surface area contributed by atoms with Gasteiger partial charge in [-0.1, -0.05) is 5.16 Å². The molecular weight excluding hydrogens is 250 g/mol. The van der Waals surface area contributed by atoms with Crippen LogP contribution in [0.3, 0.4) is 0 Å². The Bertz CT molecular complexity index is 495. The summed E-state index contributed by atoms with van der Waals surface area (Å²) in [6, 6.07) is 0. The van der Waals surface area contributed by atoms with E-state index in [4.69, 9.17) is 9.63 Å². The van der Waals surface area contributed by atoms with Gasteiger partial charge in [-0.25, -0.2) is 13.1 Å². The normalized spacial score (nSPS) is 13.5. The molecule has 8 nitrogen and oxygen atoms in total. The van der Waals surface area contributed by atoms with Crippen molar-refractivity contribution in [3.8, 4) is 0 Å². The molecule has 1 atom stereocenters. The molecule has 0 saturated carbocycles. The Morgan fingerprint density at radius 1 is 1.59 bits per heavy atom. The molecule has 0 bridgehead atoms. The van der Waals surface area contributed by atoms with Crippen molar-refractivity contribution in [1.29, 1.82) is 0 Å². The first kappa shape index (κ1) is 13.6. The number of hydrogen-bond donors (Lipinski definition) is 2. The van der Waals surface area contributed by atoms with Crippen LogP contribution in [-0.2, 0) is 21.2 Å². The largest absolute Gasteiger partial charge is 0.480 e. The first-order valence-corrected chi connectivity index (χ1v) is 6.38. The van der Waals surface area contributed by atoms with Crippen molar-refractivity contribution in [2.45, 2.75) is 25.5 Å². The standard InChI is InChI=1S/C8H13N3O5S/c1-5(8(12)13)17(14,15)9-4-3-7-10-6(2)16-11-7/h5,9H,3-4H2,1-2H3,(H,12,13). The maximum atomic E-state index is 11.4. The van der Waals surface area contributed by atoms with E-state index < -0.39 is 21.2 Å². The Kier molecular flexibility index (Phi) is 4.18. The van der Waals surface area contributed by atoms with E-state index in [9.17, 15) is 13.2 Å².